The quantitative estimate of drug-likeness (QED) is 0.447. The molecule has 0 radical (unpaired) electrons. The summed E-state index contributed by atoms with van der Waals surface area (Å²) in [6.07, 6.45) is 3.45. The van der Waals surface area contributed by atoms with Crippen LogP contribution in [0.4, 0.5) is 10.5 Å². The van der Waals surface area contributed by atoms with Gasteiger partial charge in [0, 0.05) is 16.7 Å². The highest BCUT2D eigenvalue weighted by atomic mass is 32.2. The van der Waals surface area contributed by atoms with Crippen LogP contribution in [0.15, 0.2) is 41.8 Å². The third-order valence-electron chi connectivity index (χ3n) is 2.78. The summed E-state index contributed by atoms with van der Waals surface area (Å²) < 4.78 is 10.2. The van der Waals surface area contributed by atoms with Crippen molar-refractivity contribution < 1.29 is 19.1 Å². The zero-order valence-electron chi connectivity index (χ0n) is 12.8. The number of nitrogens with one attached hydrogen (secondary N) is 1. The first-order valence-corrected chi connectivity index (χ1v) is 8.22. The molecule has 1 unspecified atom stereocenters. The molecule has 0 aliphatic carbocycles. The van der Waals surface area contributed by atoms with E-state index >= 15 is 0 Å². The third-order valence-corrected chi connectivity index (χ3v) is 3.50. The van der Waals surface area contributed by atoms with Gasteiger partial charge >= 0.3 is 12.1 Å². The molecule has 120 valence electrons. The van der Waals surface area contributed by atoms with E-state index in [1.54, 1.807) is 17.8 Å². The van der Waals surface area contributed by atoms with E-state index in [9.17, 15) is 9.59 Å². The van der Waals surface area contributed by atoms with Gasteiger partial charge in [-0.25, -0.2) is 9.59 Å². The summed E-state index contributed by atoms with van der Waals surface area (Å²) in [5.41, 5.74) is 0.659. The Kier molecular flexibility index (Phi) is 8.14. The van der Waals surface area contributed by atoms with Gasteiger partial charge in [0.05, 0.1) is 0 Å². The van der Waals surface area contributed by atoms with Gasteiger partial charge in [-0.2, -0.15) is 0 Å². The van der Waals surface area contributed by atoms with Crippen molar-refractivity contribution in [3.8, 4) is 0 Å². The molecule has 1 N–H and O–H groups in total. The zero-order valence-corrected chi connectivity index (χ0v) is 13.7. The fraction of sp³-hybridized carbons (Fsp3) is 0.375. The van der Waals surface area contributed by atoms with Crippen LogP contribution < -0.4 is 5.32 Å². The minimum absolute atomic E-state index is 0.0153. The van der Waals surface area contributed by atoms with Gasteiger partial charge < -0.3 is 9.47 Å². The van der Waals surface area contributed by atoms with Crippen LogP contribution in [0, 0.1) is 0 Å². The summed E-state index contributed by atoms with van der Waals surface area (Å²) in [6, 6.07) is 7.44. The van der Waals surface area contributed by atoms with Gasteiger partial charge in [0.2, 0.25) is 0 Å². The first-order chi connectivity index (χ1) is 10.6. The molecule has 5 nitrogen and oxygen atoms in total. The van der Waals surface area contributed by atoms with Crippen molar-refractivity contribution >= 4 is 29.5 Å². The summed E-state index contributed by atoms with van der Waals surface area (Å²) in [4.78, 5) is 24.0. The second-order valence-electron chi connectivity index (χ2n) is 4.51. The van der Waals surface area contributed by atoms with Crippen LogP contribution in [0.3, 0.4) is 0 Å². The smallest absolute Gasteiger partial charge is 0.411 e. The first kappa shape index (κ1) is 18.1. The predicted octanol–water partition coefficient (Wildman–Crippen LogP) is 3.85. The van der Waals surface area contributed by atoms with Crippen molar-refractivity contribution in [2.24, 2.45) is 0 Å². The third kappa shape index (κ3) is 6.67. The molecular weight excluding hydrogens is 302 g/mol. The number of anilines is 1. The molecule has 0 saturated carbocycles. The van der Waals surface area contributed by atoms with Crippen LogP contribution in [0.2, 0.25) is 0 Å². The number of thioether (sulfide) groups is 1. The Morgan fingerprint density at radius 3 is 2.86 bits per heavy atom. The SMILES string of the molecule is C=CC(=O)OC(CCC)COC(=O)Nc1cccc(SC)c1. The van der Waals surface area contributed by atoms with Gasteiger partial charge in [-0.1, -0.05) is 26.0 Å². The molecule has 0 fully saturated rings. The molecule has 0 aliphatic heterocycles. The van der Waals surface area contributed by atoms with Crippen LogP contribution in [-0.4, -0.2) is 31.0 Å². The van der Waals surface area contributed by atoms with E-state index in [4.69, 9.17) is 9.47 Å². The molecule has 0 saturated heterocycles. The number of hydrogen-bond acceptors (Lipinski definition) is 5. The fourth-order valence-electron chi connectivity index (χ4n) is 1.73. The van der Waals surface area contributed by atoms with Crippen LogP contribution in [0.1, 0.15) is 19.8 Å². The van der Waals surface area contributed by atoms with Gasteiger partial charge in [-0.05, 0) is 30.9 Å². The van der Waals surface area contributed by atoms with Gasteiger partial charge in [-0.3, -0.25) is 5.32 Å². The fourth-order valence-corrected chi connectivity index (χ4v) is 2.19. The predicted molar refractivity (Wildman–Crippen MR) is 88.2 cm³/mol. The van der Waals surface area contributed by atoms with E-state index in [0.717, 1.165) is 17.4 Å². The molecular formula is C16H21NO4S. The Morgan fingerprint density at radius 2 is 2.23 bits per heavy atom. The first-order valence-electron chi connectivity index (χ1n) is 7.00. The van der Waals surface area contributed by atoms with Gasteiger partial charge in [0.1, 0.15) is 12.7 Å². The molecule has 6 heteroatoms. The number of esters is 1. The summed E-state index contributed by atoms with van der Waals surface area (Å²) in [5.74, 6) is -0.518. The highest BCUT2D eigenvalue weighted by molar-refractivity contribution is 7.98. The summed E-state index contributed by atoms with van der Waals surface area (Å²) in [7, 11) is 0. The Hall–Kier alpha value is -1.95. The van der Waals surface area contributed by atoms with Crippen molar-refractivity contribution in [3.63, 3.8) is 0 Å². The molecule has 1 rings (SSSR count). The lowest BCUT2D eigenvalue weighted by atomic mass is 10.2. The summed E-state index contributed by atoms with van der Waals surface area (Å²) >= 11 is 1.59. The van der Waals surface area contributed by atoms with Crippen LogP contribution in [-0.2, 0) is 14.3 Å². The summed E-state index contributed by atoms with van der Waals surface area (Å²) in [6.45, 7) is 5.32. The van der Waals surface area contributed by atoms with Crippen molar-refractivity contribution in [3.05, 3.63) is 36.9 Å². The molecule has 1 aromatic carbocycles. The largest absolute Gasteiger partial charge is 0.456 e. The second kappa shape index (κ2) is 9.89. The van der Waals surface area contributed by atoms with Gasteiger partial charge in [0.25, 0.3) is 0 Å². The molecule has 1 amide bonds. The normalized spacial score (nSPS) is 11.4. The van der Waals surface area contributed by atoms with E-state index in [1.165, 1.54) is 0 Å². The molecule has 0 aromatic heterocycles. The van der Waals surface area contributed by atoms with E-state index < -0.39 is 18.2 Å². The Bertz CT molecular complexity index is 519. The maximum Gasteiger partial charge on any atom is 0.411 e. The second-order valence-corrected chi connectivity index (χ2v) is 5.39. The highest BCUT2D eigenvalue weighted by Gasteiger charge is 2.14. The average Bonchev–Trinajstić information content (AvgIpc) is 2.52. The van der Waals surface area contributed by atoms with Crippen LogP contribution in [0.25, 0.3) is 0 Å². The Labute approximate surface area is 135 Å². The standard InChI is InChI=1S/C16H21NO4S/c1-4-7-13(21-15(18)5-2)11-20-16(19)17-12-8-6-9-14(10-12)22-3/h5-6,8-10,13H,2,4,7,11H2,1,3H3,(H,17,19). The molecule has 22 heavy (non-hydrogen) atoms. The topological polar surface area (TPSA) is 64.6 Å². The van der Waals surface area contributed by atoms with E-state index in [-0.39, 0.29) is 6.61 Å². The number of hydrogen-bond donors (Lipinski definition) is 1. The molecule has 1 aromatic rings. The van der Waals surface area contributed by atoms with Crippen molar-refractivity contribution in [2.45, 2.75) is 30.8 Å². The number of carbonyl (C=O) groups is 2. The van der Waals surface area contributed by atoms with Crippen molar-refractivity contribution in [1.29, 1.82) is 0 Å². The minimum atomic E-state index is -0.575. The molecule has 1 atom stereocenters. The van der Waals surface area contributed by atoms with Crippen molar-refractivity contribution in [2.75, 3.05) is 18.2 Å². The maximum absolute atomic E-state index is 11.8. The zero-order chi connectivity index (χ0) is 16.4. The van der Waals surface area contributed by atoms with Crippen molar-refractivity contribution in [1.82, 2.24) is 0 Å². The average molecular weight is 323 g/mol. The molecule has 0 spiro atoms. The number of rotatable bonds is 8. The Balaban J connectivity index is 2.48. The highest BCUT2D eigenvalue weighted by Crippen LogP contribution is 2.19. The lowest BCUT2D eigenvalue weighted by molar-refractivity contribution is -0.145. The summed E-state index contributed by atoms with van der Waals surface area (Å²) in [5, 5.41) is 2.65. The number of carbonyl (C=O) groups excluding carboxylic acids is 2. The van der Waals surface area contributed by atoms with Gasteiger partial charge in [-0.15, -0.1) is 11.8 Å². The number of ether oxygens (including phenoxy) is 2. The van der Waals surface area contributed by atoms with Gasteiger partial charge in [0.15, 0.2) is 0 Å². The number of benzene rings is 1. The van der Waals surface area contributed by atoms with E-state index in [2.05, 4.69) is 11.9 Å². The number of amides is 1. The monoisotopic (exact) mass is 323 g/mol. The Morgan fingerprint density at radius 1 is 1.45 bits per heavy atom. The molecule has 0 heterocycles. The lowest BCUT2D eigenvalue weighted by Crippen LogP contribution is -2.26. The van der Waals surface area contributed by atoms with E-state index in [0.29, 0.717) is 12.1 Å². The van der Waals surface area contributed by atoms with Crippen LogP contribution in [0.5, 0.6) is 0 Å². The minimum Gasteiger partial charge on any atom is -0.456 e. The van der Waals surface area contributed by atoms with E-state index in [1.807, 2.05) is 31.4 Å². The van der Waals surface area contributed by atoms with Crippen LogP contribution >= 0.6 is 11.8 Å². The lowest BCUT2D eigenvalue weighted by Gasteiger charge is -2.16. The molecule has 0 aliphatic rings. The molecule has 0 bridgehead atoms. The maximum atomic E-state index is 11.8.